The molecule has 132 valence electrons. The average molecular weight is 363 g/mol. The summed E-state index contributed by atoms with van der Waals surface area (Å²) in [7, 11) is -2.91. The van der Waals surface area contributed by atoms with Crippen molar-refractivity contribution in [2.75, 3.05) is 6.16 Å². The van der Waals surface area contributed by atoms with E-state index in [1.54, 1.807) is 0 Å². The first-order valence-electron chi connectivity index (χ1n) is 8.63. The molecular weight excluding hydrogens is 341 g/mol. The maximum atomic E-state index is 14.2. The van der Waals surface area contributed by atoms with E-state index in [0.29, 0.717) is 6.16 Å². The molecule has 1 amide bonds. The van der Waals surface area contributed by atoms with E-state index in [4.69, 9.17) is 5.73 Å². The largest absolute Gasteiger partial charge is 0.370 e. The van der Waals surface area contributed by atoms with E-state index < -0.39 is 7.14 Å². The Balaban J connectivity index is 2.07. The summed E-state index contributed by atoms with van der Waals surface area (Å²) in [5.74, 6) is -0.577. The SMILES string of the molecule is NC(=O)CC(CP(=O)(c1ccccc1)c1ccccc1)c1ccccc1. The first-order chi connectivity index (χ1) is 12.6. The van der Waals surface area contributed by atoms with Gasteiger partial charge in [-0.25, -0.2) is 0 Å². The summed E-state index contributed by atoms with van der Waals surface area (Å²) in [6.07, 6.45) is 0.543. The Kier molecular flexibility index (Phi) is 5.70. The molecule has 0 heterocycles. The number of primary amides is 1. The van der Waals surface area contributed by atoms with Gasteiger partial charge in [-0.15, -0.1) is 0 Å². The summed E-state index contributed by atoms with van der Waals surface area (Å²) < 4.78 is 14.2. The minimum atomic E-state index is -2.91. The van der Waals surface area contributed by atoms with Gasteiger partial charge >= 0.3 is 0 Å². The summed E-state index contributed by atoms with van der Waals surface area (Å²) in [6, 6.07) is 28.8. The molecule has 0 aliphatic carbocycles. The van der Waals surface area contributed by atoms with Gasteiger partial charge in [0.05, 0.1) is 0 Å². The second-order valence-electron chi connectivity index (χ2n) is 6.37. The summed E-state index contributed by atoms with van der Waals surface area (Å²) in [5.41, 5.74) is 6.48. The number of amides is 1. The standard InChI is InChI=1S/C22H22NO2P/c23-22(24)16-19(18-10-4-1-5-11-18)17-26(25,20-12-6-2-7-13-20)21-14-8-3-9-15-21/h1-15,19H,16-17H2,(H2,23,24). The number of hydrogen-bond donors (Lipinski definition) is 1. The van der Waals surface area contributed by atoms with Gasteiger partial charge in [-0.3, -0.25) is 4.79 Å². The molecule has 3 rings (SSSR count). The third-order valence-corrected chi connectivity index (χ3v) is 7.76. The van der Waals surface area contributed by atoms with Crippen molar-refractivity contribution in [3.8, 4) is 0 Å². The lowest BCUT2D eigenvalue weighted by atomic mass is 9.97. The first kappa shape index (κ1) is 18.2. The minimum absolute atomic E-state index is 0.174. The van der Waals surface area contributed by atoms with Gasteiger partial charge in [0, 0.05) is 29.1 Å². The molecule has 0 fully saturated rings. The molecular formula is C22H22NO2P. The molecule has 0 saturated heterocycles. The van der Waals surface area contributed by atoms with Gasteiger partial charge in [0.15, 0.2) is 0 Å². The Morgan fingerprint density at radius 1 is 0.769 bits per heavy atom. The highest BCUT2D eigenvalue weighted by Crippen LogP contribution is 2.47. The Bertz CT molecular complexity index is 852. The lowest BCUT2D eigenvalue weighted by molar-refractivity contribution is -0.118. The van der Waals surface area contributed by atoms with Gasteiger partial charge in [0.25, 0.3) is 0 Å². The Morgan fingerprint density at radius 3 is 1.62 bits per heavy atom. The van der Waals surface area contributed by atoms with Crippen LogP contribution in [0.1, 0.15) is 17.9 Å². The van der Waals surface area contributed by atoms with E-state index in [0.717, 1.165) is 16.2 Å². The molecule has 1 unspecified atom stereocenters. The predicted molar refractivity (Wildman–Crippen MR) is 108 cm³/mol. The van der Waals surface area contributed by atoms with Crippen LogP contribution in [0, 0.1) is 0 Å². The van der Waals surface area contributed by atoms with Crippen LogP contribution in [-0.4, -0.2) is 12.1 Å². The molecule has 4 heteroatoms. The van der Waals surface area contributed by atoms with Gasteiger partial charge in [-0.05, 0) is 5.56 Å². The first-order valence-corrected chi connectivity index (χ1v) is 10.5. The van der Waals surface area contributed by atoms with Crippen molar-refractivity contribution in [3.63, 3.8) is 0 Å². The zero-order chi connectivity index (χ0) is 18.4. The number of hydrogen-bond acceptors (Lipinski definition) is 2. The van der Waals surface area contributed by atoms with E-state index in [1.165, 1.54) is 0 Å². The van der Waals surface area contributed by atoms with Crippen LogP contribution in [-0.2, 0) is 9.36 Å². The summed E-state index contributed by atoms with van der Waals surface area (Å²) in [4.78, 5) is 11.7. The topological polar surface area (TPSA) is 60.2 Å². The maximum absolute atomic E-state index is 14.2. The molecule has 3 aromatic rings. The third kappa shape index (κ3) is 4.12. The number of nitrogens with two attached hydrogens (primary N) is 1. The van der Waals surface area contributed by atoms with E-state index in [9.17, 15) is 9.36 Å². The minimum Gasteiger partial charge on any atom is -0.370 e. The fourth-order valence-corrected chi connectivity index (χ4v) is 6.25. The van der Waals surface area contributed by atoms with Gasteiger partial charge in [0.2, 0.25) is 5.91 Å². The van der Waals surface area contributed by atoms with Crippen LogP contribution >= 0.6 is 7.14 Å². The number of benzene rings is 3. The van der Waals surface area contributed by atoms with Gasteiger partial charge in [0.1, 0.15) is 7.14 Å². The van der Waals surface area contributed by atoms with Crippen molar-refractivity contribution < 1.29 is 9.36 Å². The van der Waals surface area contributed by atoms with E-state index in [1.807, 2.05) is 91.0 Å². The summed E-state index contributed by atoms with van der Waals surface area (Å²) in [6.45, 7) is 0. The number of carbonyl (C=O) groups is 1. The molecule has 0 bridgehead atoms. The molecule has 0 spiro atoms. The fourth-order valence-electron chi connectivity index (χ4n) is 3.26. The molecule has 0 aliphatic heterocycles. The highest BCUT2D eigenvalue weighted by atomic mass is 31.2. The Labute approximate surface area is 154 Å². The molecule has 3 aromatic carbocycles. The predicted octanol–water partition coefficient (Wildman–Crippen LogP) is 3.66. The third-order valence-electron chi connectivity index (χ3n) is 4.54. The zero-order valence-corrected chi connectivity index (χ0v) is 15.4. The van der Waals surface area contributed by atoms with Crippen molar-refractivity contribution >= 4 is 23.7 Å². The van der Waals surface area contributed by atoms with Crippen molar-refractivity contribution in [1.82, 2.24) is 0 Å². The zero-order valence-electron chi connectivity index (χ0n) is 14.5. The van der Waals surface area contributed by atoms with E-state index in [2.05, 4.69) is 0 Å². The molecule has 2 N–H and O–H groups in total. The molecule has 0 aromatic heterocycles. The van der Waals surface area contributed by atoms with Crippen LogP contribution in [0.25, 0.3) is 0 Å². The second-order valence-corrected chi connectivity index (χ2v) is 9.25. The quantitative estimate of drug-likeness (QED) is 0.651. The smallest absolute Gasteiger partial charge is 0.218 e. The fraction of sp³-hybridized carbons (Fsp3) is 0.136. The highest BCUT2D eigenvalue weighted by molar-refractivity contribution is 7.78. The second kappa shape index (κ2) is 8.16. The van der Waals surface area contributed by atoms with Gasteiger partial charge < -0.3 is 10.3 Å². The van der Waals surface area contributed by atoms with E-state index in [-0.39, 0.29) is 18.2 Å². The lowest BCUT2D eigenvalue weighted by Gasteiger charge is -2.25. The van der Waals surface area contributed by atoms with Crippen LogP contribution in [0.3, 0.4) is 0 Å². The summed E-state index contributed by atoms with van der Waals surface area (Å²) in [5, 5.41) is 1.60. The van der Waals surface area contributed by atoms with Crippen molar-refractivity contribution in [3.05, 3.63) is 96.6 Å². The van der Waals surface area contributed by atoms with Crippen molar-refractivity contribution in [2.24, 2.45) is 5.73 Å². The number of carbonyl (C=O) groups excluding carboxylic acids is 1. The maximum Gasteiger partial charge on any atom is 0.218 e. The molecule has 3 nitrogen and oxygen atoms in total. The molecule has 0 radical (unpaired) electrons. The Morgan fingerprint density at radius 2 is 1.19 bits per heavy atom. The Hall–Kier alpha value is -2.64. The van der Waals surface area contributed by atoms with Crippen LogP contribution in [0.4, 0.5) is 0 Å². The molecule has 0 aliphatic rings. The highest BCUT2D eigenvalue weighted by Gasteiger charge is 2.32. The molecule has 26 heavy (non-hydrogen) atoms. The molecule has 0 saturated carbocycles. The lowest BCUT2D eigenvalue weighted by Crippen LogP contribution is -2.24. The normalized spacial score (nSPS) is 12.5. The van der Waals surface area contributed by atoms with Crippen molar-refractivity contribution in [2.45, 2.75) is 12.3 Å². The monoisotopic (exact) mass is 363 g/mol. The van der Waals surface area contributed by atoms with Crippen LogP contribution in [0.15, 0.2) is 91.0 Å². The summed E-state index contributed by atoms with van der Waals surface area (Å²) >= 11 is 0. The van der Waals surface area contributed by atoms with Crippen LogP contribution in [0.2, 0.25) is 0 Å². The molecule has 1 atom stereocenters. The van der Waals surface area contributed by atoms with Crippen LogP contribution in [0.5, 0.6) is 0 Å². The van der Waals surface area contributed by atoms with Gasteiger partial charge in [-0.1, -0.05) is 91.0 Å². The average Bonchev–Trinajstić information content (AvgIpc) is 2.69. The van der Waals surface area contributed by atoms with Crippen molar-refractivity contribution in [1.29, 1.82) is 0 Å². The van der Waals surface area contributed by atoms with Gasteiger partial charge in [-0.2, -0.15) is 0 Å². The van der Waals surface area contributed by atoms with Crippen LogP contribution < -0.4 is 16.3 Å². The van der Waals surface area contributed by atoms with E-state index >= 15 is 0 Å². The number of rotatable bonds is 7.